The number of nitro groups is 1. The highest BCUT2D eigenvalue weighted by atomic mass is 79.9. The Hall–Kier alpha value is -1.86. The van der Waals surface area contributed by atoms with Crippen molar-refractivity contribution >= 4 is 68.5 Å². The van der Waals surface area contributed by atoms with Crippen LogP contribution in [0.2, 0.25) is 10.0 Å². The second-order valence-corrected chi connectivity index (χ2v) is 8.33. The number of halogens is 3. The highest BCUT2D eigenvalue weighted by Crippen LogP contribution is 2.35. The van der Waals surface area contributed by atoms with Crippen molar-refractivity contribution < 1.29 is 4.92 Å². The van der Waals surface area contributed by atoms with Gasteiger partial charge in [0.15, 0.2) is 0 Å². The topological polar surface area (TPSA) is 55.5 Å². The number of hydrogen-bond donors (Lipinski definition) is 0. The van der Waals surface area contributed by atoms with Crippen LogP contribution in [0.1, 0.15) is 5.56 Å². The van der Waals surface area contributed by atoms with Gasteiger partial charge in [0.05, 0.1) is 15.5 Å². The van der Waals surface area contributed by atoms with Crippen molar-refractivity contribution in [2.45, 2.75) is 9.79 Å². The van der Waals surface area contributed by atoms with Crippen molar-refractivity contribution in [1.82, 2.24) is 0 Å². The van der Waals surface area contributed by atoms with Crippen LogP contribution < -0.4 is 0 Å². The minimum atomic E-state index is -0.394. The van der Waals surface area contributed by atoms with Gasteiger partial charge < -0.3 is 0 Å². The summed E-state index contributed by atoms with van der Waals surface area (Å²) in [5, 5.41) is 12.4. The second-order valence-electron chi connectivity index (χ2n) is 5.43. The minimum Gasteiger partial charge on any atom is -0.258 e. The molecule has 0 unspecified atom stereocenters. The molecule has 0 fully saturated rings. The molecular weight excluding hydrogens is 471 g/mol. The smallest absolute Gasteiger partial charge is 0.258 e. The molecule has 0 atom stereocenters. The Labute approximate surface area is 178 Å². The Morgan fingerprint density at radius 1 is 1.00 bits per heavy atom. The molecule has 0 bridgehead atoms. The molecule has 0 aromatic heterocycles. The predicted octanol–water partition coefficient (Wildman–Crippen LogP) is 7.57. The average Bonchev–Trinajstić information content (AvgIpc) is 2.62. The summed E-state index contributed by atoms with van der Waals surface area (Å²) < 4.78 is 0.953. The van der Waals surface area contributed by atoms with E-state index in [1.54, 1.807) is 36.5 Å². The monoisotopic (exact) mass is 480 g/mol. The van der Waals surface area contributed by atoms with Crippen LogP contribution in [0.4, 0.5) is 11.4 Å². The second kappa shape index (κ2) is 8.89. The van der Waals surface area contributed by atoms with Gasteiger partial charge in [-0.15, -0.1) is 0 Å². The zero-order chi connectivity index (χ0) is 19.4. The first-order chi connectivity index (χ1) is 12.9. The van der Waals surface area contributed by atoms with Crippen molar-refractivity contribution in [3.63, 3.8) is 0 Å². The molecular formula is C19H11BrCl2N2O2S. The lowest BCUT2D eigenvalue weighted by Crippen LogP contribution is -1.93. The Balaban J connectivity index is 1.87. The fourth-order valence-corrected chi connectivity index (χ4v) is 3.92. The van der Waals surface area contributed by atoms with Gasteiger partial charge in [0, 0.05) is 31.7 Å². The fourth-order valence-electron chi connectivity index (χ4n) is 2.24. The van der Waals surface area contributed by atoms with Gasteiger partial charge in [-0.2, -0.15) is 0 Å². The van der Waals surface area contributed by atoms with Gasteiger partial charge in [0.1, 0.15) is 0 Å². The quantitative estimate of drug-likeness (QED) is 0.214. The number of nitrogens with zero attached hydrogens (tertiary/aromatic N) is 2. The van der Waals surface area contributed by atoms with Gasteiger partial charge >= 0.3 is 0 Å². The minimum absolute atomic E-state index is 0.0241. The summed E-state index contributed by atoms with van der Waals surface area (Å²) in [5.41, 5.74) is 1.21. The maximum Gasteiger partial charge on any atom is 0.283 e. The molecule has 0 spiro atoms. The first-order valence-corrected chi connectivity index (χ1v) is 9.99. The molecule has 0 radical (unpaired) electrons. The SMILES string of the molecule is O=[N+]([O-])c1cc(C=Nc2cc(Cl)cc(Cl)c2)ccc1Sc1ccc(Br)cc1. The third kappa shape index (κ3) is 5.56. The van der Waals surface area contributed by atoms with Gasteiger partial charge in [0.25, 0.3) is 5.69 Å². The van der Waals surface area contributed by atoms with Crippen LogP contribution in [0, 0.1) is 10.1 Å². The standard InChI is InChI=1S/C19H11BrCl2N2O2S/c20-13-2-4-17(5-3-13)27-19-6-1-12(7-18(19)24(25)26)11-23-16-9-14(21)8-15(22)10-16/h1-11H. The molecule has 3 rings (SSSR count). The predicted molar refractivity (Wildman–Crippen MR) is 115 cm³/mol. The van der Waals surface area contributed by atoms with Crippen molar-refractivity contribution in [2.75, 3.05) is 0 Å². The molecule has 0 heterocycles. The fraction of sp³-hybridized carbons (Fsp3) is 0. The summed E-state index contributed by atoms with van der Waals surface area (Å²) in [7, 11) is 0. The van der Waals surface area contributed by atoms with Gasteiger partial charge in [0.2, 0.25) is 0 Å². The van der Waals surface area contributed by atoms with Crippen LogP contribution in [0.15, 0.2) is 79.9 Å². The summed E-state index contributed by atoms with van der Waals surface area (Å²) in [5.74, 6) is 0. The third-order valence-electron chi connectivity index (χ3n) is 3.43. The van der Waals surface area contributed by atoms with Crippen molar-refractivity contribution in [2.24, 2.45) is 4.99 Å². The van der Waals surface area contributed by atoms with Crippen molar-refractivity contribution in [3.05, 3.63) is 90.9 Å². The van der Waals surface area contributed by atoms with Crippen LogP contribution in [0.3, 0.4) is 0 Å². The summed E-state index contributed by atoms with van der Waals surface area (Å²) in [4.78, 5) is 16.9. The molecule has 0 aliphatic heterocycles. The number of rotatable bonds is 5. The summed E-state index contributed by atoms with van der Waals surface area (Å²) in [6.07, 6.45) is 1.54. The molecule has 4 nitrogen and oxygen atoms in total. The number of benzene rings is 3. The van der Waals surface area contributed by atoms with E-state index in [0.29, 0.717) is 26.2 Å². The lowest BCUT2D eigenvalue weighted by atomic mass is 10.2. The zero-order valence-corrected chi connectivity index (χ0v) is 17.5. The lowest BCUT2D eigenvalue weighted by molar-refractivity contribution is -0.387. The van der Waals surface area contributed by atoms with Crippen LogP contribution in [-0.2, 0) is 0 Å². The van der Waals surface area contributed by atoms with Gasteiger partial charge in [-0.3, -0.25) is 15.1 Å². The average molecular weight is 482 g/mol. The third-order valence-corrected chi connectivity index (χ3v) is 5.47. The lowest BCUT2D eigenvalue weighted by Gasteiger charge is -2.04. The van der Waals surface area contributed by atoms with E-state index in [-0.39, 0.29) is 5.69 Å². The van der Waals surface area contributed by atoms with Gasteiger partial charge in [-0.05, 0) is 54.1 Å². The molecule has 27 heavy (non-hydrogen) atoms. The largest absolute Gasteiger partial charge is 0.283 e. The maximum absolute atomic E-state index is 11.5. The van der Waals surface area contributed by atoms with E-state index in [4.69, 9.17) is 23.2 Å². The molecule has 3 aromatic carbocycles. The molecule has 3 aromatic rings. The summed E-state index contributed by atoms with van der Waals surface area (Å²) in [6.45, 7) is 0. The van der Waals surface area contributed by atoms with E-state index in [1.807, 2.05) is 24.3 Å². The normalized spacial score (nSPS) is 11.1. The molecule has 0 amide bonds. The van der Waals surface area contributed by atoms with E-state index >= 15 is 0 Å². The Morgan fingerprint density at radius 2 is 1.67 bits per heavy atom. The highest BCUT2D eigenvalue weighted by Gasteiger charge is 2.15. The first-order valence-electron chi connectivity index (χ1n) is 7.63. The summed E-state index contributed by atoms with van der Waals surface area (Å²) >= 11 is 16.6. The molecule has 0 saturated carbocycles. The Morgan fingerprint density at radius 3 is 2.30 bits per heavy atom. The van der Waals surface area contributed by atoms with E-state index in [2.05, 4.69) is 20.9 Å². The summed E-state index contributed by atoms with van der Waals surface area (Å²) in [6, 6.07) is 17.5. The van der Waals surface area contributed by atoms with E-state index in [0.717, 1.165) is 9.37 Å². The number of aliphatic imine (C=N–C) groups is 1. The van der Waals surface area contributed by atoms with Crippen molar-refractivity contribution in [1.29, 1.82) is 0 Å². The van der Waals surface area contributed by atoms with Crippen LogP contribution >= 0.6 is 50.9 Å². The number of nitro benzene ring substituents is 1. The van der Waals surface area contributed by atoms with Crippen molar-refractivity contribution in [3.8, 4) is 0 Å². The number of hydrogen-bond acceptors (Lipinski definition) is 4. The molecule has 0 saturated heterocycles. The van der Waals surface area contributed by atoms with Crippen LogP contribution in [0.25, 0.3) is 0 Å². The van der Waals surface area contributed by atoms with E-state index in [9.17, 15) is 10.1 Å². The first kappa shape index (κ1) is 19.9. The molecule has 136 valence electrons. The van der Waals surface area contributed by atoms with Crippen LogP contribution in [-0.4, -0.2) is 11.1 Å². The molecule has 0 N–H and O–H groups in total. The van der Waals surface area contributed by atoms with Gasteiger partial charge in [-0.25, -0.2) is 0 Å². The zero-order valence-electron chi connectivity index (χ0n) is 13.6. The highest BCUT2D eigenvalue weighted by molar-refractivity contribution is 9.10. The van der Waals surface area contributed by atoms with Gasteiger partial charge in [-0.1, -0.05) is 57.0 Å². The maximum atomic E-state index is 11.5. The van der Waals surface area contributed by atoms with E-state index < -0.39 is 4.92 Å². The molecule has 8 heteroatoms. The van der Waals surface area contributed by atoms with Crippen LogP contribution in [0.5, 0.6) is 0 Å². The van der Waals surface area contributed by atoms with E-state index in [1.165, 1.54) is 17.8 Å². The molecule has 0 aliphatic carbocycles. The Bertz CT molecular complexity index is 1010. The molecule has 0 aliphatic rings. The Kier molecular flexibility index (Phi) is 6.55.